The monoisotopic (exact) mass is 662 g/mol. The van der Waals surface area contributed by atoms with Gasteiger partial charge in [-0.25, -0.2) is 9.97 Å². The number of rotatable bonds is 3. The Kier molecular flexibility index (Phi) is 6.17. The Morgan fingerprint density at radius 1 is 0.385 bits per heavy atom. The van der Waals surface area contributed by atoms with Gasteiger partial charge in [-0.1, -0.05) is 152 Å². The molecule has 0 saturated heterocycles. The van der Waals surface area contributed by atoms with Crippen LogP contribution in [0.15, 0.2) is 174 Å². The molecule has 11 rings (SSSR count). The van der Waals surface area contributed by atoms with Crippen molar-refractivity contribution in [2.75, 3.05) is 0 Å². The molecule has 1 spiro atoms. The van der Waals surface area contributed by atoms with E-state index >= 15 is 0 Å². The smallest absolute Gasteiger partial charge is 0.160 e. The second-order valence-electron chi connectivity index (χ2n) is 13.7. The molecule has 2 aliphatic rings. The van der Waals surface area contributed by atoms with Crippen LogP contribution in [-0.2, 0) is 5.41 Å². The summed E-state index contributed by atoms with van der Waals surface area (Å²) in [6, 6.07) is 60.4. The van der Waals surface area contributed by atoms with Gasteiger partial charge in [0, 0.05) is 27.5 Å². The summed E-state index contributed by atoms with van der Waals surface area (Å²) in [4.78, 5) is 10.3. The van der Waals surface area contributed by atoms with Crippen LogP contribution in [-0.4, -0.2) is 9.97 Å². The van der Waals surface area contributed by atoms with Gasteiger partial charge < -0.3 is 4.42 Å². The standard InChI is InChI=1S/C49H30N2O/c1-3-14-33(15-4-1)44-30-45(51-48(50-44)34-16-5-2-6-17-34)35-26-25-32-24-23-31-13-7-10-20-40(31)49(42(32)27-35)41-21-11-8-18-36(41)38-28-39-37-19-9-12-22-46(37)52-47(39)29-43(38)49/h1-30H. The largest absolute Gasteiger partial charge is 0.456 e. The first-order valence-corrected chi connectivity index (χ1v) is 17.7. The zero-order chi connectivity index (χ0) is 34.2. The fraction of sp³-hybridized carbons (Fsp3) is 0.0204. The highest BCUT2D eigenvalue weighted by atomic mass is 16.3. The molecule has 0 N–H and O–H groups in total. The third-order valence-corrected chi connectivity index (χ3v) is 10.9. The molecular weight excluding hydrogens is 633 g/mol. The normalized spacial score (nSPS) is 15.3. The van der Waals surface area contributed by atoms with Gasteiger partial charge in [0.05, 0.1) is 16.8 Å². The molecular formula is C49H30N2O. The van der Waals surface area contributed by atoms with E-state index in [2.05, 4.69) is 152 Å². The van der Waals surface area contributed by atoms with Crippen LogP contribution in [0.2, 0.25) is 0 Å². The lowest BCUT2D eigenvalue weighted by atomic mass is 9.65. The summed E-state index contributed by atoms with van der Waals surface area (Å²) in [6.45, 7) is 0. The second kappa shape index (κ2) is 11.1. The molecule has 0 saturated carbocycles. The van der Waals surface area contributed by atoms with Crippen molar-refractivity contribution in [2.24, 2.45) is 0 Å². The minimum Gasteiger partial charge on any atom is -0.456 e. The van der Waals surface area contributed by atoms with Crippen molar-refractivity contribution in [2.45, 2.75) is 5.41 Å². The van der Waals surface area contributed by atoms with Crippen molar-refractivity contribution in [1.29, 1.82) is 0 Å². The highest BCUT2D eigenvalue weighted by Crippen LogP contribution is 2.59. The average molecular weight is 663 g/mol. The summed E-state index contributed by atoms with van der Waals surface area (Å²) in [6.07, 6.45) is 4.55. The van der Waals surface area contributed by atoms with Crippen molar-refractivity contribution >= 4 is 34.1 Å². The number of aromatic nitrogens is 2. The van der Waals surface area contributed by atoms with Crippen LogP contribution in [0.5, 0.6) is 0 Å². The Morgan fingerprint density at radius 2 is 1.04 bits per heavy atom. The number of hydrogen-bond donors (Lipinski definition) is 0. The predicted molar refractivity (Wildman–Crippen MR) is 212 cm³/mol. The van der Waals surface area contributed by atoms with Crippen LogP contribution >= 0.6 is 0 Å². The molecule has 0 radical (unpaired) electrons. The molecule has 7 aromatic carbocycles. The summed E-state index contributed by atoms with van der Waals surface area (Å²) < 4.78 is 6.59. The minimum atomic E-state index is -0.609. The van der Waals surface area contributed by atoms with Gasteiger partial charge in [-0.05, 0) is 74.8 Å². The quantitative estimate of drug-likeness (QED) is 0.189. The fourth-order valence-electron chi connectivity index (χ4n) is 8.64. The number of para-hydroxylation sites is 1. The number of hydrogen-bond acceptors (Lipinski definition) is 3. The molecule has 1 unspecified atom stereocenters. The first-order valence-electron chi connectivity index (χ1n) is 17.7. The van der Waals surface area contributed by atoms with E-state index in [0.29, 0.717) is 5.82 Å². The number of benzene rings is 7. The lowest BCUT2D eigenvalue weighted by molar-refractivity contribution is 0.666. The molecule has 9 aromatic rings. The highest BCUT2D eigenvalue weighted by molar-refractivity contribution is 6.08. The molecule has 1 atom stereocenters. The molecule has 2 heterocycles. The second-order valence-corrected chi connectivity index (χ2v) is 13.7. The number of furan rings is 1. The lowest BCUT2D eigenvalue weighted by Gasteiger charge is -2.35. The minimum absolute atomic E-state index is 0.609. The zero-order valence-electron chi connectivity index (χ0n) is 28.1. The van der Waals surface area contributed by atoms with E-state index in [1.807, 2.05) is 30.3 Å². The SMILES string of the molecule is C1=Cc2ccc(-c3cc(-c4ccccc4)nc(-c4ccccc4)n3)cc2C2(c3ccccc31)c1ccccc1-c1cc3c(cc12)oc1ccccc13. The Labute approximate surface area is 301 Å². The third kappa shape index (κ3) is 4.14. The van der Waals surface area contributed by atoms with E-state index in [0.717, 1.165) is 50.0 Å². The Bertz CT molecular complexity index is 2850. The van der Waals surface area contributed by atoms with Crippen LogP contribution in [0, 0.1) is 0 Å². The van der Waals surface area contributed by atoms with E-state index < -0.39 is 5.41 Å². The van der Waals surface area contributed by atoms with E-state index in [1.165, 1.54) is 44.5 Å². The summed E-state index contributed by atoms with van der Waals surface area (Å²) in [5, 5.41) is 2.27. The zero-order valence-corrected chi connectivity index (χ0v) is 28.1. The number of fused-ring (bicyclic) bond motifs is 12. The van der Waals surface area contributed by atoms with Crippen LogP contribution in [0.25, 0.3) is 79.1 Å². The predicted octanol–water partition coefficient (Wildman–Crippen LogP) is 12.2. The van der Waals surface area contributed by atoms with Gasteiger partial charge in [0.25, 0.3) is 0 Å². The van der Waals surface area contributed by atoms with Crippen molar-refractivity contribution < 1.29 is 4.42 Å². The van der Waals surface area contributed by atoms with Gasteiger partial charge in [-0.3, -0.25) is 0 Å². The van der Waals surface area contributed by atoms with Crippen molar-refractivity contribution in [1.82, 2.24) is 9.97 Å². The van der Waals surface area contributed by atoms with Gasteiger partial charge in [0.15, 0.2) is 5.82 Å². The van der Waals surface area contributed by atoms with E-state index in [-0.39, 0.29) is 0 Å². The van der Waals surface area contributed by atoms with E-state index in [9.17, 15) is 0 Å². The van der Waals surface area contributed by atoms with Gasteiger partial charge in [0.1, 0.15) is 11.2 Å². The molecule has 52 heavy (non-hydrogen) atoms. The highest BCUT2D eigenvalue weighted by Gasteiger charge is 2.49. The van der Waals surface area contributed by atoms with Crippen molar-refractivity contribution in [3.8, 4) is 45.0 Å². The van der Waals surface area contributed by atoms with E-state index in [1.54, 1.807) is 0 Å². The van der Waals surface area contributed by atoms with Crippen LogP contribution in [0.3, 0.4) is 0 Å². The molecule has 2 aromatic heterocycles. The Morgan fingerprint density at radius 3 is 1.87 bits per heavy atom. The van der Waals surface area contributed by atoms with Crippen molar-refractivity contribution in [3.63, 3.8) is 0 Å². The molecule has 0 fully saturated rings. The first kappa shape index (κ1) is 28.9. The number of nitrogens with zero attached hydrogens (tertiary/aromatic N) is 2. The summed E-state index contributed by atoms with van der Waals surface area (Å²) >= 11 is 0. The molecule has 242 valence electrons. The van der Waals surface area contributed by atoms with E-state index in [4.69, 9.17) is 14.4 Å². The Hall–Kier alpha value is -6.84. The molecule has 2 aliphatic carbocycles. The maximum atomic E-state index is 6.59. The summed E-state index contributed by atoms with van der Waals surface area (Å²) in [7, 11) is 0. The molecule has 3 nitrogen and oxygen atoms in total. The summed E-state index contributed by atoms with van der Waals surface area (Å²) in [5.41, 5.74) is 15.9. The van der Waals surface area contributed by atoms with Crippen LogP contribution in [0.4, 0.5) is 0 Å². The van der Waals surface area contributed by atoms with Gasteiger partial charge in [0.2, 0.25) is 0 Å². The Balaban J connectivity index is 1.22. The maximum Gasteiger partial charge on any atom is 0.160 e. The molecule has 3 heteroatoms. The van der Waals surface area contributed by atoms with Gasteiger partial charge in [-0.2, -0.15) is 0 Å². The topological polar surface area (TPSA) is 38.9 Å². The van der Waals surface area contributed by atoms with Crippen LogP contribution < -0.4 is 0 Å². The average Bonchev–Trinajstić information content (AvgIpc) is 3.67. The van der Waals surface area contributed by atoms with Crippen molar-refractivity contribution in [3.05, 3.63) is 203 Å². The van der Waals surface area contributed by atoms with Gasteiger partial charge in [-0.15, -0.1) is 0 Å². The molecule has 0 aliphatic heterocycles. The van der Waals surface area contributed by atoms with Crippen LogP contribution in [0.1, 0.15) is 33.4 Å². The maximum absolute atomic E-state index is 6.59. The third-order valence-electron chi connectivity index (χ3n) is 10.9. The van der Waals surface area contributed by atoms with Gasteiger partial charge >= 0.3 is 0 Å². The molecule has 0 bridgehead atoms. The summed E-state index contributed by atoms with van der Waals surface area (Å²) in [5.74, 6) is 0.704. The lowest BCUT2D eigenvalue weighted by Crippen LogP contribution is -2.30. The first-order chi connectivity index (χ1) is 25.8. The molecule has 0 amide bonds. The fourth-order valence-corrected chi connectivity index (χ4v) is 8.64.